The molecule has 3 nitrogen and oxygen atoms in total. The second kappa shape index (κ2) is 5.27. The van der Waals surface area contributed by atoms with Crippen molar-refractivity contribution in [3.05, 3.63) is 45.4 Å². The fourth-order valence-electron chi connectivity index (χ4n) is 1.51. The SMILES string of the molecule is C=C(Br)C(=O)NC(=O)c1cc(C)cc(C)c1C. The molecule has 0 fully saturated rings. The molecule has 0 saturated heterocycles. The standard InChI is InChI=1S/C13H14BrNO2/c1-7-5-8(2)9(3)11(6-7)13(17)15-12(16)10(4)14/h5-6H,4H2,1-3H3,(H,15,16,17). The van der Waals surface area contributed by atoms with Crippen LogP contribution < -0.4 is 5.32 Å². The lowest BCUT2D eigenvalue weighted by Crippen LogP contribution is -2.30. The van der Waals surface area contributed by atoms with Crippen LogP contribution in [0, 0.1) is 20.8 Å². The summed E-state index contributed by atoms with van der Waals surface area (Å²) in [6.45, 7) is 9.12. The van der Waals surface area contributed by atoms with Crippen molar-refractivity contribution in [1.29, 1.82) is 0 Å². The third-order valence-electron chi connectivity index (χ3n) is 2.53. The van der Waals surface area contributed by atoms with Gasteiger partial charge in [0.25, 0.3) is 11.8 Å². The van der Waals surface area contributed by atoms with E-state index in [2.05, 4.69) is 27.8 Å². The van der Waals surface area contributed by atoms with Crippen LogP contribution in [0.25, 0.3) is 0 Å². The third kappa shape index (κ3) is 3.27. The fraction of sp³-hybridized carbons (Fsp3) is 0.231. The lowest BCUT2D eigenvalue weighted by atomic mass is 9.99. The molecular formula is C13H14BrNO2. The van der Waals surface area contributed by atoms with Crippen LogP contribution in [0.2, 0.25) is 0 Å². The van der Waals surface area contributed by atoms with E-state index in [0.717, 1.165) is 16.7 Å². The van der Waals surface area contributed by atoms with Crippen molar-refractivity contribution in [1.82, 2.24) is 5.32 Å². The first kappa shape index (κ1) is 13.6. The number of hydrogen-bond donors (Lipinski definition) is 1. The zero-order valence-corrected chi connectivity index (χ0v) is 11.6. The van der Waals surface area contributed by atoms with Crippen molar-refractivity contribution in [2.24, 2.45) is 0 Å². The van der Waals surface area contributed by atoms with Gasteiger partial charge in [0.2, 0.25) is 0 Å². The van der Waals surface area contributed by atoms with Gasteiger partial charge in [0.15, 0.2) is 0 Å². The van der Waals surface area contributed by atoms with Gasteiger partial charge in [0, 0.05) is 5.56 Å². The first-order valence-corrected chi connectivity index (χ1v) is 5.90. The lowest BCUT2D eigenvalue weighted by molar-refractivity contribution is -0.115. The van der Waals surface area contributed by atoms with E-state index in [1.165, 1.54) is 0 Å². The maximum absolute atomic E-state index is 11.9. The van der Waals surface area contributed by atoms with Crippen LogP contribution in [0.1, 0.15) is 27.0 Å². The van der Waals surface area contributed by atoms with Crippen LogP contribution >= 0.6 is 15.9 Å². The molecule has 0 bridgehead atoms. The molecule has 0 unspecified atom stereocenters. The van der Waals surface area contributed by atoms with Crippen molar-refractivity contribution in [2.45, 2.75) is 20.8 Å². The number of imide groups is 1. The number of carbonyl (C=O) groups is 2. The zero-order valence-electron chi connectivity index (χ0n) is 10.1. The number of amides is 2. The molecule has 17 heavy (non-hydrogen) atoms. The van der Waals surface area contributed by atoms with Crippen LogP contribution in [-0.2, 0) is 4.79 Å². The van der Waals surface area contributed by atoms with Crippen molar-refractivity contribution in [2.75, 3.05) is 0 Å². The number of carbonyl (C=O) groups excluding carboxylic acids is 2. The Hall–Kier alpha value is -1.42. The van der Waals surface area contributed by atoms with Gasteiger partial charge < -0.3 is 0 Å². The number of rotatable bonds is 2. The van der Waals surface area contributed by atoms with Gasteiger partial charge in [-0.1, -0.05) is 18.2 Å². The second-order valence-electron chi connectivity index (χ2n) is 3.94. The van der Waals surface area contributed by atoms with Gasteiger partial charge in [-0.05, 0) is 53.9 Å². The highest BCUT2D eigenvalue weighted by atomic mass is 79.9. The van der Waals surface area contributed by atoms with Crippen molar-refractivity contribution < 1.29 is 9.59 Å². The van der Waals surface area contributed by atoms with Gasteiger partial charge >= 0.3 is 0 Å². The first-order chi connectivity index (χ1) is 7.82. The summed E-state index contributed by atoms with van der Waals surface area (Å²) >= 11 is 2.93. The maximum Gasteiger partial charge on any atom is 0.264 e. The van der Waals surface area contributed by atoms with Crippen LogP contribution in [0.5, 0.6) is 0 Å². The van der Waals surface area contributed by atoms with Gasteiger partial charge in [-0.2, -0.15) is 0 Å². The monoisotopic (exact) mass is 295 g/mol. The Morgan fingerprint density at radius 1 is 1.24 bits per heavy atom. The summed E-state index contributed by atoms with van der Waals surface area (Å²) in [6.07, 6.45) is 0. The van der Waals surface area contributed by atoms with Crippen molar-refractivity contribution in [3.63, 3.8) is 0 Å². The summed E-state index contributed by atoms with van der Waals surface area (Å²) in [7, 11) is 0. The summed E-state index contributed by atoms with van der Waals surface area (Å²) in [5, 5.41) is 2.27. The summed E-state index contributed by atoms with van der Waals surface area (Å²) in [6, 6.07) is 3.76. The molecule has 1 aromatic rings. The molecule has 2 amide bonds. The minimum absolute atomic E-state index is 0.132. The number of nitrogens with one attached hydrogen (secondary N) is 1. The molecular weight excluding hydrogens is 282 g/mol. The highest BCUT2D eigenvalue weighted by Crippen LogP contribution is 2.16. The molecule has 0 aliphatic heterocycles. The van der Waals surface area contributed by atoms with Crippen LogP contribution in [0.15, 0.2) is 23.2 Å². The Balaban J connectivity index is 3.05. The second-order valence-corrected chi connectivity index (χ2v) is 4.90. The molecule has 0 heterocycles. The summed E-state index contributed by atoms with van der Waals surface area (Å²) in [5.41, 5.74) is 3.41. The molecule has 0 aromatic heterocycles. The molecule has 0 aliphatic carbocycles. The molecule has 0 atom stereocenters. The van der Waals surface area contributed by atoms with E-state index in [0.29, 0.717) is 5.56 Å². The molecule has 90 valence electrons. The van der Waals surface area contributed by atoms with E-state index in [9.17, 15) is 9.59 Å². The van der Waals surface area contributed by atoms with Crippen molar-refractivity contribution in [3.8, 4) is 0 Å². The van der Waals surface area contributed by atoms with Gasteiger partial charge in [-0.15, -0.1) is 0 Å². The molecule has 4 heteroatoms. The molecule has 0 radical (unpaired) electrons. The van der Waals surface area contributed by atoms with E-state index in [1.807, 2.05) is 26.8 Å². The minimum Gasteiger partial charge on any atom is -0.288 e. The number of halogens is 1. The van der Waals surface area contributed by atoms with Crippen LogP contribution in [0.3, 0.4) is 0 Å². The van der Waals surface area contributed by atoms with Gasteiger partial charge in [-0.3, -0.25) is 14.9 Å². The van der Waals surface area contributed by atoms with Crippen molar-refractivity contribution >= 4 is 27.7 Å². The normalized spacial score (nSPS) is 9.88. The van der Waals surface area contributed by atoms with E-state index >= 15 is 0 Å². The molecule has 0 saturated carbocycles. The van der Waals surface area contributed by atoms with Crippen LogP contribution in [0.4, 0.5) is 0 Å². The lowest BCUT2D eigenvalue weighted by Gasteiger charge is -2.10. The van der Waals surface area contributed by atoms with Gasteiger partial charge in [0.1, 0.15) is 0 Å². The topological polar surface area (TPSA) is 46.2 Å². The molecule has 1 rings (SSSR count). The van der Waals surface area contributed by atoms with E-state index in [4.69, 9.17) is 0 Å². The predicted octanol–water partition coefficient (Wildman–Crippen LogP) is 2.78. The Bertz CT molecular complexity index is 506. The highest BCUT2D eigenvalue weighted by molar-refractivity contribution is 9.12. The highest BCUT2D eigenvalue weighted by Gasteiger charge is 2.14. The maximum atomic E-state index is 11.9. The molecule has 0 aliphatic rings. The Kier molecular flexibility index (Phi) is 4.23. The number of aryl methyl sites for hydroxylation is 2. The number of benzene rings is 1. The average molecular weight is 296 g/mol. The largest absolute Gasteiger partial charge is 0.288 e. The minimum atomic E-state index is -0.520. The van der Waals surface area contributed by atoms with Gasteiger partial charge in [0.05, 0.1) is 4.48 Å². The molecule has 0 spiro atoms. The average Bonchev–Trinajstić information content (AvgIpc) is 2.22. The Morgan fingerprint density at radius 2 is 1.82 bits per heavy atom. The summed E-state index contributed by atoms with van der Waals surface area (Å²) < 4.78 is 0.132. The quantitative estimate of drug-likeness (QED) is 0.853. The predicted molar refractivity (Wildman–Crippen MR) is 71.2 cm³/mol. The van der Waals surface area contributed by atoms with E-state index in [-0.39, 0.29) is 4.48 Å². The first-order valence-electron chi connectivity index (χ1n) is 5.11. The smallest absolute Gasteiger partial charge is 0.264 e. The van der Waals surface area contributed by atoms with E-state index in [1.54, 1.807) is 6.07 Å². The number of hydrogen-bond acceptors (Lipinski definition) is 2. The molecule has 1 aromatic carbocycles. The molecule has 1 N–H and O–H groups in total. The fourth-order valence-corrected chi connectivity index (χ4v) is 1.61. The van der Waals surface area contributed by atoms with Gasteiger partial charge in [-0.25, -0.2) is 0 Å². The van der Waals surface area contributed by atoms with E-state index < -0.39 is 11.8 Å². The summed E-state index contributed by atoms with van der Waals surface area (Å²) in [4.78, 5) is 23.2. The Labute approximate surface area is 109 Å². The third-order valence-corrected chi connectivity index (χ3v) is 2.89. The zero-order chi connectivity index (χ0) is 13.2. The Morgan fingerprint density at radius 3 is 2.35 bits per heavy atom. The summed E-state index contributed by atoms with van der Waals surface area (Å²) in [5.74, 6) is -0.923. The van der Waals surface area contributed by atoms with Crippen LogP contribution in [-0.4, -0.2) is 11.8 Å².